The lowest BCUT2D eigenvalue weighted by Gasteiger charge is -2.24. The first-order valence-corrected chi connectivity index (χ1v) is 7.84. The van der Waals surface area contributed by atoms with E-state index in [-0.39, 0.29) is 11.8 Å². The molecular formula is C16H26ClN3O. The van der Waals surface area contributed by atoms with Crippen LogP contribution in [0, 0.1) is 0 Å². The molecule has 0 fully saturated rings. The fourth-order valence-electron chi connectivity index (χ4n) is 2.02. The summed E-state index contributed by atoms with van der Waals surface area (Å²) in [5.41, 5.74) is 1.49. The number of nitrogens with zero attached hydrogens (tertiary/aromatic N) is 3. The summed E-state index contributed by atoms with van der Waals surface area (Å²) < 4.78 is 0. The third-order valence-electron chi connectivity index (χ3n) is 3.25. The summed E-state index contributed by atoms with van der Waals surface area (Å²) in [4.78, 5) is 20.9. The van der Waals surface area contributed by atoms with Crippen molar-refractivity contribution in [2.24, 2.45) is 0 Å². The highest BCUT2D eigenvalue weighted by molar-refractivity contribution is 6.29. The number of carbonyl (C=O) groups is 1. The second-order valence-corrected chi connectivity index (χ2v) is 6.24. The van der Waals surface area contributed by atoms with Gasteiger partial charge in [0.05, 0.1) is 0 Å². The smallest absolute Gasteiger partial charge is 0.254 e. The Hall–Kier alpha value is -1.13. The highest BCUT2D eigenvalue weighted by atomic mass is 35.5. The Morgan fingerprint density at radius 2 is 1.90 bits per heavy atom. The number of rotatable bonds is 7. The molecule has 0 bridgehead atoms. The lowest BCUT2D eigenvalue weighted by atomic mass is 10.1. The van der Waals surface area contributed by atoms with Gasteiger partial charge in [-0.15, -0.1) is 0 Å². The lowest BCUT2D eigenvalue weighted by molar-refractivity contribution is 0.0744. The zero-order valence-corrected chi connectivity index (χ0v) is 14.4. The van der Waals surface area contributed by atoms with E-state index in [9.17, 15) is 4.79 Å². The van der Waals surface area contributed by atoms with E-state index < -0.39 is 0 Å². The highest BCUT2D eigenvalue weighted by Gasteiger charge is 2.17. The average molecular weight is 312 g/mol. The molecule has 0 atom stereocenters. The molecule has 0 aliphatic carbocycles. The molecule has 5 heteroatoms. The minimum absolute atomic E-state index is 0.0323. The number of hydrogen-bond acceptors (Lipinski definition) is 3. The van der Waals surface area contributed by atoms with Gasteiger partial charge in [0.25, 0.3) is 5.91 Å². The summed E-state index contributed by atoms with van der Waals surface area (Å²) in [7, 11) is 4.02. The van der Waals surface area contributed by atoms with Crippen LogP contribution in [0.15, 0.2) is 12.1 Å². The molecule has 0 unspecified atom stereocenters. The minimum Gasteiger partial charge on any atom is -0.337 e. The van der Waals surface area contributed by atoms with Gasteiger partial charge in [-0.25, -0.2) is 4.98 Å². The van der Waals surface area contributed by atoms with Crippen molar-refractivity contribution in [2.75, 3.05) is 33.7 Å². The van der Waals surface area contributed by atoms with E-state index in [1.54, 1.807) is 6.07 Å². The van der Waals surface area contributed by atoms with Crippen LogP contribution in [-0.2, 0) is 0 Å². The van der Waals surface area contributed by atoms with Crippen molar-refractivity contribution in [2.45, 2.75) is 33.1 Å². The molecule has 0 N–H and O–H groups in total. The number of amides is 1. The van der Waals surface area contributed by atoms with Crippen LogP contribution in [0.3, 0.4) is 0 Å². The van der Waals surface area contributed by atoms with Crippen LogP contribution < -0.4 is 0 Å². The molecular weight excluding hydrogens is 286 g/mol. The first kappa shape index (κ1) is 17.9. The molecule has 118 valence electrons. The number of hydrogen-bond donors (Lipinski definition) is 0. The van der Waals surface area contributed by atoms with Crippen molar-refractivity contribution in [1.29, 1.82) is 0 Å². The number of carbonyl (C=O) groups excluding carboxylic acids is 1. The van der Waals surface area contributed by atoms with Gasteiger partial charge in [0.15, 0.2) is 0 Å². The fraction of sp³-hybridized carbons (Fsp3) is 0.625. The molecule has 0 saturated heterocycles. The number of halogens is 1. The number of pyridine rings is 1. The summed E-state index contributed by atoms with van der Waals surface area (Å²) in [6.07, 6.45) is 0.940. The van der Waals surface area contributed by atoms with Crippen molar-refractivity contribution in [3.05, 3.63) is 28.5 Å². The van der Waals surface area contributed by atoms with Gasteiger partial charge < -0.3 is 9.80 Å². The predicted molar refractivity (Wildman–Crippen MR) is 88.1 cm³/mol. The Kier molecular flexibility index (Phi) is 7.12. The topological polar surface area (TPSA) is 36.4 Å². The first-order valence-electron chi connectivity index (χ1n) is 7.46. The van der Waals surface area contributed by atoms with Crippen LogP contribution in [-0.4, -0.2) is 54.4 Å². The van der Waals surface area contributed by atoms with Gasteiger partial charge in [-0.1, -0.05) is 32.4 Å². The molecule has 1 aromatic rings. The van der Waals surface area contributed by atoms with Crippen molar-refractivity contribution in [3.8, 4) is 0 Å². The lowest BCUT2D eigenvalue weighted by Crippen LogP contribution is -2.37. The molecule has 1 rings (SSSR count). The van der Waals surface area contributed by atoms with E-state index in [2.05, 4.69) is 16.8 Å². The van der Waals surface area contributed by atoms with Gasteiger partial charge in [0, 0.05) is 30.9 Å². The molecule has 1 heterocycles. The molecule has 0 aliphatic rings. The van der Waals surface area contributed by atoms with Crippen molar-refractivity contribution in [3.63, 3.8) is 0 Å². The third kappa shape index (κ3) is 5.64. The maximum Gasteiger partial charge on any atom is 0.254 e. The van der Waals surface area contributed by atoms with Gasteiger partial charge in [0.1, 0.15) is 5.15 Å². The van der Waals surface area contributed by atoms with Crippen LogP contribution in [0.1, 0.15) is 49.2 Å². The normalized spacial score (nSPS) is 11.2. The largest absolute Gasteiger partial charge is 0.337 e. The molecule has 1 aromatic heterocycles. The van der Waals surface area contributed by atoms with E-state index in [0.717, 1.165) is 31.7 Å². The van der Waals surface area contributed by atoms with Crippen LogP contribution in [0.25, 0.3) is 0 Å². The van der Waals surface area contributed by atoms with Gasteiger partial charge in [-0.2, -0.15) is 0 Å². The predicted octanol–water partition coefficient (Wildman–Crippen LogP) is 3.27. The molecule has 1 amide bonds. The van der Waals surface area contributed by atoms with Crippen LogP contribution in [0.5, 0.6) is 0 Å². The van der Waals surface area contributed by atoms with Gasteiger partial charge in [0.2, 0.25) is 0 Å². The molecule has 0 saturated carbocycles. The standard InChI is InChI=1S/C16H26ClN3O/c1-6-7-20(9-8-19(4)5)16(21)13-10-14(12(2)3)18-15(17)11-13/h10-12H,6-9H2,1-5H3. The monoisotopic (exact) mass is 311 g/mol. The average Bonchev–Trinajstić information content (AvgIpc) is 2.41. The second kappa shape index (κ2) is 8.35. The fourth-order valence-corrected chi connectivity index (χ4v) is 2.24. The first-order chi connectivity index (χ1) is 9.85. The molecule has 4 nitrogen and oxygen atoms in total. The van der Waals surface area contributed by atoms with Crippen molar-refractivity contribution < 1.29 is 4.79 Å². The number of likely N-dealkylation sites (N-methyl/N-ethyl adjacent to an activating group) is 1. The Labute approximate surface area is 133 Å². The van der Waals surface area contributed by atoms with Crippen LogP contribution in [0.2, 0.25) is 5.15 Å². The maximum atomic E-state index is 12.7. The zero-order valence-electron chi connectivity index (χ0n) is 13.7. The quantitative estimate of drug-likeness (QED) is 0.725. The summed E-state index contributed by atoms with van der Waals surface area (Å²) in [5, 5.41) is 0.383. The zero-order chi connectivity index (χ0) is 16.0. The minimum atomic E-state index is 0.0323. The summed E-state index contributed by atoms with van der Waals surface area (Å²) in [6.45, 7) is 8.49. The molecule has 0 aliphatic heterocycles. The van der Waals surface area contributed by atoms with Gasteiger partial charge >= 0.3 is 0 Å². The van der Waals surface area contributed by atoms with Gasteiger partial charge in [-0.3, -0.25) is 4.79 Å². The Morgan fingerprint density at radius 1 is 1.24 bits per heavy atom. The van der Waals surface area contributed by atoms with Gasteiger partial charge in [-0.05, 0) is 38.6 Å². The van der Waals surface area contributed by atoms with Crippen LogP contribution in [0.4, 0.5) is 0 Å². The molecule has 0 aromatic carbocycles. The maximum absolute atomic E-state index is 12.7. The summed E-state index contributed by atoms with van der Waals surface area (Å²) in [6, 6.07) is 3.52. The second-order valence-electron chi connectivity index (χ2n) is 5.85. The van der Waals surface area contributed by atoms with Crippen LogP contribution >= 0.6 is 11.6 Å². The Morgan fingerprint density at radius 3 is 2.43 bits per heavy atom. The van der Waals surface area contributed by atoms with Crippen molar-refractivity contribution in [1.82, 2.24) is 14.8 Å². The van der Waals surface area contributed by atoms with E-state index in [4.69, 9.17) is 11.6 Å². The summed E-state index contributed by atoms with van der Waals surface area (Å²) in [5.74, 6) is 0.279. The van der Waals surface area contributed by atoms with Crippen molar-refractivity contribution >= 4 is 17.5 Å². The van der Waals surface area contributed by atoms with E-state index in [1.807, 2.05) is 38.9 Å². The van der Waals surface area contributed by atoms with E-state index >= 15 is 0 Å². The van der Waals surface area contributed by atoms with E-state index in [0.29, 0.717) is 10.7 Å². The van der Waals surface area contributed by atoms with E-state index in [1.165, 1.54) is 0 Å². The highest BCUT2D eigenvalue weighted by Crippen LogP contribution is 2.19. The summed E-state index contributed by atoms with van der Waals surface area (Å²) >= 11 is 6.06. The Bertz CT molecular complexity index is 475. The molecule has 21 heavy (non-hydrogen) atoms. The molecule has 0 spiro atoms. The third-order valence-corrected chi connectivity index (χ3v) is 3.44. The number of aromatic nitrogens is 1. The molecule has 0 radical (unpaired) electrons. The Balaban J connectivity index is 2.97. The SMILES string of the molecule is CCCN(CCN(C)C)C(=O)c1cc(Cl)nc(C(C)C)c1.